The van der Waals surface area contributed by atoms with E-state index in [2.05, 4.69) is 51.3 Å². The van der Waals surface area contributed by atoms with Gasteiger partial charge in [0.25, 0.3) is 0 Å². The van der Waals surface area contributed by atoms with Crippen LogP contribution in [-0.4, -0.2) is 59.8 Å². The molecule has 1 aromatic carbocycles. The maximum absolute atomic E-state index is 4.02. The highest BCUT2D eigenvalue weighted by Crippen LogP contribution is 2.19. The average Bonchev–Trinajstić information content (AvgIpc) is 3.04. The van der Waals surface area contributed by atoms with Crippen molar-refractivity contribution in [1.29, 1.82) is 0 Å². The molecule has 0 aliphatic carbocycles. The topological polar surface area (TPSA) is 35.2 Å². The summed E-state index contributed by atoms with van der Waals surface area (Å²) in [4.78, 5) is 4.99. The van der Waals surface area contributed by atoms with Crippen LogP contribution >= 0.6 is 0 Å². The molecule has 0 amide bonds. The van der Waals surface area contributed by atoms with Gasteiger partial charge in [0.2, 0.25) is 0 Å². The van der Waals surface area contributed by atoms with Crippen molar-refractivity contribution in [3.8, 4) is 11.1 Å². The average molecular weight is 284 g/mol. The summed E-state index contributed by atoms with van der Waals surface area (Å²) in [5.41, 5.74) is 3.83. The Kier molecular flexibility index (Phi) is 4.68. The number of piperazine rings is 1. The van der Waals surface area contributed by atoms with Crippen LogP contribution in [-0.2, 0) is 6.42 Å². The normalized spacial score (nSPS) is 17.2. The second-order valence-electron chi connectivity index (χ2n) is 5.94. The molecule has 0 spiro atoms. The first-order chi connectivity index (χ1) is 10.3. The summed E-state index contributed by atoms with van der Waals surface area (Å²) in [6, 6.07) is 8.81. The van der Waals surface area contributed by atoms with Gasteiger partial charge in [-0.05, 0) is 37.6 Å². The molecule has 0 saturated carbocycles. The number of aromatic amines is 1. The summed E-state index contributed by atoms with van der Waals surface area (Å²) in [5.74, 6) is 0. The standard InChI is InChI=1S/C17H24N4/c1-20-8-10-21(11-9-20)7-3-5-15-4-2-6-16(12-15)17-13-18-19-14-17/h2,4,6,12-14H,3,5,7-11H2,1H3,(H,18,19). The van der Waals surface area contributed by atoms with E-state index < -0.39 is 0 Å². The lowest BCUT2D eigenvalue weighted by atomic mass is 10.0. The highest BCUT2D eigenvalue weighted by molar-refractivity contribution is 5.62. The van der Waals surface area contributed by atoms with Gasteiger partial charge in [0.1, 0.15) is 0 Å². The van der Waals surface area contributed by atoms with Crippen molar-refractivity contribution in [2.45, 2.75) is 12.8 Å². The molecular weight excluding hydrogens is 260 g/mol. The maximum atomic E-state index is 4.02. The summed E-state index contributed by atoms with van der Waals surface area (Å²) in [7, 11) is 2.21. The molecule has 112 valence electrons. The zero-order valence-corrected chi connectivity index (χ0v) is 12.8. The molecule has 0 bridgehead atoms. The lowest BCUT2D eigenvalue weighted by molar-refractivity contribution is 0.153. The van der Waals surface area contributed by atoms with Gasteiger partial charge in [-0.15, -0.1) is 0 Å². The lowest BCUT2D eigenvalue weighted by Crippen LogP contribution is -2.44. The van der Waals surface area contributed by atoms with Crippen LogP contribution in [0, 0.1) is 0 Å². The van der Waals surface area contributed by atoms with Gasteiger partial charge in [0.15, 0.2) is 0 Å². The minimum Gasteiger partial charge on any atom is -0.304 e. The molecule has 0 atom stereocenters. The number of rotatable bonds is 5. The second kappa shape index (κ2) is 6.87. The van der Waals surface area contributed by atoms with Gasteiger partial charge in [0.05, 0.1) is 6.20 Å². The van der Waals surface area contributed by atoms with Crippen molar-refractivity contribution < 1.29 is 0 Å². The van der Waals surface area contributed by atoms with Crippen molar-refractivity contribution >= 4 is 0 Å². The third-order valence-corrected chi connectivity index (χ3v) is 4.29. The molecule has 1 saturated heterocycles. The highest BCUT2D eigenvalue weighted by atomic mass is 15.2. The molecule has 4 nitrogen and oxygen atoms in total. The van der Waals surface area contributed by atoms with Crippen LogP contribution in [0.3, 0.4) is 0 Å². The fourth-order valence-corrected chi connectivity index (χ4v) is 2.89. The SMILES string of the molecule is CN1CCN(CCCc2cccc(-c3cn[nH]c3)c2)CC1. The van der Waals surface area contributed by atoms with Gasteiger partial charge in [-0.2, -0.15) is 5.10 Å². The van der Waals surface area contributed by atoms with Crippen LogP contribution in [0.4, 0.5) is 0 Å². The Morgan fingerprint density at radius 2 is 2.00 bits per heavy atom. The number of aromatic nitrogens is 2. The molecule has 3 rings (SSSR count). The summed E-state index contributed by atoms with van der Waals surface area (Å²) in [6.45, 7) is 6.05. The molecule has 1 aliphatic rings. The molecule has 4 heteroatoms. The van der Waals surface area contributed by atoms with Gasteiger partial charge < -0.3 is 9.80 Å². The van der Waals surface area contributed by atoms with Crippen molar-refractivity contribution in [3.05, 3.63) is 42.2 Å². The quantitative estimate of drug-likeness (QED) is 0.914. The number of hydrogen-bond acceptors (Lipinski definition) is 3. The molecule has 1 aromatic heterocycles. The van der Waals surface area contributed by atoms with E-state index >= 15 is 0 Å². The van der Waals surface area contributed by atoms with E-state index in [1.54, 1.807) is 0 Å². The van der Waals surface area contributed by atoms with Crippen LogP contribution in [0.1, 0.15) is 12.0 Å². The van der Waals surface area contributed by atoms with E-state index in [4.69, 9.17) is 0 Å². The van der Waals surface area contributed by atoms with Crippen molar-refractivity contribution in [3.63, 3.8) is 0 Å². The van der Waals surface area contributed by atoms with Crippen LogP contribution in [0.25, 0.3) is 11.1 Å². The zero-order valence-electron chi connectivity index (χ0n) is 12.8. The summed E-state index contributed by atoms with van der Waals surface area (Å²) in [5, 5.41) is 6.90. The zero-order chi connectivity index (χ0) is 14.5. The number of likely N-dealkylation sites (N-methyl/N-ethyl adjacent to an activating group) is 1. The van der Waals surface area contributed by atoms with E-state index in [1.165, 1.54) is 50.3 Å². The Morgan fingerprint density at radius 1 is 1.14 bits per heavy atom. The van der Waals surface area contributed by atoms with E-state index in [0.29, 0.717) is 0 Å². The number of H-pyrrole nitrogens is 1. The smallest absolute Gasteiger partial charge is 0.0565 e. The number of nitrogens with zero attached hydrogens (tertiary/aromatic N) is 3. The molecule has 1 aliphatic heterocycles. The number of benzene rings is 1. The van der Waals surface area contributed by atoms with Crippen LogP contribution in [0.15, 0.2) is 36.7 Å². The highest BCUT2D eigenvalue weighted by Gasteiger charge is 2.12. The van der Waals surface area contributed by atoms with Crippen LogP contribution < -0.4 is 0 Å². The van der Waals surface area contributed by atoms with E-state index in [0.717, 1.165) is 12.0 Å². The largest absolute Gasteiger partial charge is 0.304 e. The molecular formula is C17H24N4. The third kappa shape index (κ3) is 3.93. The van der Waals surface area contributed by atoms with Crippen molar-refractivity contribution in [1.82, 2.24) is 20.0 Å². The van der Waals surface area contributed by atoms with Gasteiger partial charge in [0, 0.05) is 37.9 Å². The minimum atomic E-state index is 1.15. The molecule has 1 fully saturated rings. The van der Waals surface area contributed by atoms with Crippen LogP contribution in [0.5, 0.6) is 0 Å². The van der Waals surface area contributed by atoms with Gasteiger partial charge in [-0.25, -0.2) is 0 Å². The van der Waals surface area contributed by atoms with E-state index in [1.807, 2.05) is 12.4 Å². The molecule has 2 aromatic rings. The summed E-state index contributed by atoms with van der Waals surface area (Å²) >= 11 is 0. The minimum absolute atomic E-state index is 1.15. The fraction of sp³-hybridized carbons (Fsp3) is 0.471. The molecule has 21 heavy (non-hydrogen) atoms. The first-order valence-corrected chi connectivity index (χ1v) is 7.80. The Morgan fingerprint density at radius 3 is 2.76 bits per heavy atom. The predicted molar refractivity (Wildman–Crippen MR) is 86.3 cm³/mol. The maximum Gasteiger partial charge on any atom is 0.0565 e. The first kappa shape index (κ1) is 14.3. The molecule has 2 heterocycles. The lowest BCUT2D eigenvalue weighted by Gasteiger charge is -2.32. The molecule has 0 unspecified atom stereocenters. The Labute approximate surface area is 126 Å². The van der Waals surface area contributed by atoms with E-state index in [9.17, 15) is 0 Å². The molecule has 0 radical (unpaired) electrons. The first-order valence-electron chi connectivity index (χ1n) is 7.80. The summed E-state index contributed by atoms with van der Waals surface area (Å²) in [6.07, 6.45) is 6.21. The Hall–Kier alpha value is -1.65. The number of hydrogen-bond donors (Lipinski definition) is 1. The van der Waals surface area contributed by atoms with Crippen molar-refractivity contribution in [2.24, 2.45) is 0 Å². The Bertz CT molecular complexity index is 542. The third-order valence-electron chi connectivity index (χ3n) is 4.29. The van der Waals surface area contributed by atoms with E-state index in [-0.39, 0.29) is 0 Å². The van der Waals surface area contributed by atoms with Crippen molar-refractivity contribution in [2.75, 3.05) is 39.8 Å². The molecule has 1 N–H and O–H groups in total. The van der Waals surface area contributed by atoms with Gasteiger partial charge in [-0.3, -0.25) is 5.10 Å². The fourth-order valence-electron chi connectivity index (χ4n) is 2.89. The van der Waals surface area contributed by atoms with Crippen LogP contribution in [0.2, 0.25) is 0 Å². The monoisotopic (exact) mass is 284 g/mol. The number of aryl methyl sites for hydroxylation is 1. The summed E-state index contributed by atoms with van der Waals surface area (Å²) < 4.78 is 0. The number of nitrogens with one attached hydrogen (secondary N) is 1. The van der Waals surface area contributed by atoms with Gasteiger partial charge in [-0.1, -0.05) is 24.3 Å². The van der Waals surface area contributed by atoms with Gasteiger partial charge >= 0.3 is 0 Å². The predicted octanol–water partition coefficient (Wildman–Crippen LogP) is 2.26. The Balaban J connectivity index is 1.50. The second-order valence-corrected chi connectivity index (χ2v) is 5.94.